The highest BCUT2D eigenvalue weighted by Gasteiger charge is 2.23. The number of anilines is 2. The molecule has 0 aliphatic carbocycles. The van der Waals surface area contributed by atoms with Crippen molar-refractivity contribution in [2.75, 3.05) is 30.4 Å². The van der Waals surface area contributed by atoms with Gasteiger partial charge in [0.05, 0.1) is 10.9 Å². The first-order chi connectivity index (χ1) is 12.0. The molecule has 2 aromatic carbocycles. The van der Waals surface area contributed by atoms with Crippen LogP contribution in [-0.2, 0) is 4.79 Å². The van der Waals surface area contributed by atoms with Crippen molar-refractivity contribution in [2.24, 2.45) is 0 Å². The van der Waals surface area contributed by atoms with Gasteiger partial charge in [0.2, 0.25) is 5.91 Å². The van der Waals surface area contributed by atoms with Crippen molar-refractivity contribution in [3.8, 4) is 0 Å². The molecule has 6 heteroatoms. The van der Waals surface area contributed by atoms with E-state index in [-0.39, 0.29) is 17.1 Å². The second-order valence-corrected chi connectivity index (χ2v) is 7.36. The largest absolute Gasteiger partial charge is 0.373 e. The molecule has 5 nitrogen and oxygen atoms in total. The Labute approximate surface area is 151 Å². The average molecular weight is 355 g/mol. The Morgan fingerprint density at radius 3 is 2.76 bits per heavy atom. The fourth-order valence-electron chi connectivity index (χ4n) is 2.60. The summed E-state index contributed by atoms with van der Waals surface area (Å²) >= 11 is 1.51. The van der Waals surface area contributed by atoms with Gasteiger partial charge >= 0.3 is 0 Å². The van der Waals surface area contributed by atoms with Gasteiger partial charge in [0.25, 0.3) is 5.91 Å². The molecule has 1 unspecified atom stereocenters. The van der Waals surface area contributed by atoms with Gasteiger partial charge in [0, 0.05) is 36.3 Å². The third kappa shape index (κ3) is 4.14. The summed E-state index contributed by atoms with van der Waals surface area (Å²) in [6, 6.07) is 15.5. The highest BCUT2D eigenvalue weighted by atomic mass is 32.2. The highest BCUT2D eigenvalue weighted by Crippen LogP contribution is 2.35. The Morgan fingerprint density at radius 1 is 1.24 bits per heavy atom. The molecule has 1 heterocycles. The van der Waals surface area contributed by atoms with Gasteiger partial charge in [-0.1, -0.05) is 18.2 Å². The first-order valence-electron chi connectivity index (χ1n) is 8.20. The van der Waals surface area contributed by atoms with E-state index in [0.717, 1.165) is 10.6 Å². The van der Waals surface area contributed by atoms with Crippen LogP contribution in [0.2, 0.25) is 0 Å². The molecule has 3 rings (SSSR count). The second kappa shape index (κ2) is 7.61. The summed E-state index contributed by atoms with van der Waals surface area (Å²) in [4.78, 5) is 27.2. The van der Waals surface area contributed by atoms with Crippen LogP contribution in [0.4, 0.5) is 11.4 Å². The standard InChI is InChI=1S/C19H21N3O2S/c1-13-18(23)21-16-12-14(8-9-17(16)25-13)19(24)20-10-11-22(2)15-6-4-3-5-7-15/h3-9,12-13H,10-11H2,1-2H3,(H,20,24)(H,21,23). The molecular formula is C19H21N3O2S. The minimum Gasteiger partial charge on any atom is -0.373 e. The fourth-order valence-corrected chi connectivity index (χ4v) is 3.53. The molecule has 2 aromatic rings. The predicted molar refractivity (Wildman–Crippen MR) is 102 cm³/mol. The SMILES string of the molecule is CC1Sc2ccc(C(=O)NCCN(C)c3ccccc3)cc2NC1=O. The van der Waals surface area contributed by atoms with E-state index < -0.39 is 0 Å². The lowest BCUT2D eigenvalue weighted by atomic mass is 10.1. The van der Waals surface area contributed by atoms with Crippen molar-refractivity contribution >= 4 is 35.0 Å². The van der Waals surface area contributed by atoms with Crippen molar-refractivity contribution in [3.05, 3.63) is 54.1 Å². The molecular weight excluding hydrogens is 334 g/mol. The monoisotopic (exact) mass is 355 g/mol. The molecule has 0 radical (unpaired) electrons. The zero-order valence-corrected chi connectivity index (χ0v) is 15.1. The zero-order chi connectivity index (χ0) is 17.8. The lowest BCUT2D eigenvalue weighted by Gasteiger charge is -2.22. The molecule has 0 aromatic heterocycles. The number of hydrogen-bond donors (Lipinski definition) is 2. The summed E-state index contributed by atoms with van der Waals surface area (Å²) in [6.45, 7) is 3.12. The van der Waals surface area contributed by atoms with E-state index in [9.17, 15) is 9.59 Å². The van der Waals surface area contributed by atoms with E-state index >= 15 is 0 Å². The van der Waals surface area contributed by atoms with Gasteiger partial charge in [-0.15, -0.1) is 11.8 Å². The number of carbonyl (C=O) groups excluding carboxylic acids is 2. The third-order valence-corrected chi connectivity index (χ3v) is 5.28. The van der Waals surface area contributed by atoms with Crippen LogP contribution in [0.1, 0.15) is 17.3 Å². The Kier molecular flexibility index (Phi) is 5.28. The van der Waals surface area contributed by atoms with Gasteiger partial charge < -0.3 is 15.5 Å². The van der Waals surface area contributed by atoms with Crippen molar-refractivity contribution in [3.63, 3.8) is 0 Å². The van der Waals surface area contributed by atoms with E-state index in [0.29, 0.717) is 24.3 Å². The number of thioether (sulfide) groups is 1. The molecule has 25 heavy (non-hydrogen) atoms. The highest BCUT2D eigenvalue weighted by molar-refractivity contribution is 8.00. The first-order valence-corrected chi connectivity index (χ1v) is 9.08. The molecule has 1 aliphatic heterocycles. The molecule has 0 fully saturated rings. The van der Waals surface area contributed by atoms with E-state index in [1.165, 1.54) is 11.8 Å². The maximum Gasteiger partial charge on any atom is 0.251 e. The van der Waals surface area contributed by atoms with Crippen LogP contribution in [0.25, 0.3) is 0 Å². The van der Waals surface area contributed by atoms with Gasteiger partial charge in [0.1, 0.15) is 0 Å². The van der Waals surface area contributed by atoms with Crippen LogP contribution in [0, 0.1) is 0 Å². The Morgan fingerprint density at radius 2 is 2.00 bits per heavy atom. The fraction of sp³-hybridized carbons (Fsp3) is 0.263. The number of rotatable bonds is 5. The predicted octanol–water partition coefficient (Wildman–Crippen LogP) is 2.99. The van der Waals surface area contributed by atoms with Crippen molar-refractivity contribution in [1.29, 1.82) is 0 Å². The minimum absolute atomic E-state index is 0.0282. The Balaban J connectivity index is 1.57. The molecule has 0 saturated heterocycles. The molecule has 0 spiro atoms. The van der Waals surface area contributed by atoms with Crippen LogP contribution < -0.4 is 15.5 Å². The van der Waals surface area contributed by atoms with Crippen LogP contribution in [0.15, 0.2) is 53.4 Å². The van der Waals surface area contributed by atoms with E-state index in [1.807, 2.05) is 50.4 Å². The van der Waals surface area contributed by atoms with Gasteiger partial charge in [-0.25, -0.2) is 0 Å². The molecule has 0 saturated carbocycles. The molecule has 2 N–H and O–H groups in total. The first kappa shape index (κ1) is 17.4. The minimum atomic E-state index is -0.137. The van der Waals surface area contributed by atoms with Crippen molar-refractivity contribution in [2.45, 2.75) is 17.1 Å². The number of nitrogens with zero attached hydrogens (tertiary/aromatic N) is 1. The summed E-state index contributed by atoms with van der Waals surface area (Å²) in [5.74, 6) is -0.165. The normalized spacial score (nSPS) is 15.9. The summed E-state index contributed by atoms with van der Waals surface area (Å²) in [6.07, 6.45) is 0. The van der Waals surface area contributed by atoms with Crippen molar-refractivity contribution in [1.82, 2.24) is 5.32 Å². The van der Waals surface area contributed by atoms with Crippen LogP contribution in [0.3, 0.4) is 0 Å². The average Bonchev–Trinajstić information content (AvgIpc) is 2.63. The number of hydrogen-bond acceptors (Lipinski definition) is 4. The van der Waals surface area contributed by atoms with E-state index in [1.54, 1.807) is 12.1 Å². The number of benzene rings is 2. The van der Waals surface area contributed by atoms with E-state index in [4.69, 9.17) is 0 Å². The number of carbonyl (C=O) groups is 2. The maximum atomic E-state index is 12.3. The summed E-state index contributed by atoms with van der Waals surface area (Å²) in [7, 11) is 1.99. The van der Waals surface area contributed by atoms with Gasteiger partial charge in [0.15, 0.2) is 0 Å². The topological polar surface area (TPSA) is 61.4 Å². The quantitative estimate of drug-likeness (QED) is 0.866. The zero-order valence-electron chi connectivity index (χ0n) is 14.3. The van der Waals surface area contributed by atoms with Gasteiger partial charge in [-0.3, -0.25) is 9.59 Å². The molecule has 1 aliphatic rings. The Bertz CT molecular complexity index is 779. The number of likely N-dealkylation sites (N-methyl/N-ethyl adjacent to an activating group) is 1. The third-order valence-electron chi connectivity index (χ3n) is 4.10. The summed E-state index contributed by atoms with van der Waals surface area (Å²) in [5.41, 5.74) is 2.37. The number of nitrogens with one attached hydrogen (secondary N) is 2. The summed E-state index contributed by atoms with van der Waals surface area (Å²) < 4.78 is 0. The summed E-state index contributed by atoms with van der Waals surface area (Å²) in [5, 5.41) is 5.67. The van der Waals surface area contributed by atoms with Crippen LogP contribution in [0.5, 0.6) is 0 Å². The molecule has 1 atom stereocenters. The second-order valence-electron chi connectivity index (χ2n) is 5.97. The Hall–Kier alpha value is -2.47. The van der Waals surface area contributed by atoms with Crippen LogP contribution >= 0.6 is 11.8 Å². The van der Waals surface area contributed by atoms with E-state index in [2.05, 4.69) is 15.5 Å². The maximum absolute atomic E-state index is 12.3. The smallest absolute Gasteiger partial charge is 0.251 e. The number of fused-ring (bicyclic) bond motifs is 1. The lowest BCUT2D eigenvalue weighted by Crippen LogP contribution is -2.33. The number of amides is 2. The number of para-hydroxylation sites is 1. The molecule has 2 amide bonds. The van der Waals surface area contributed by atoms with Gasteiger partial charge in [-0.05, 0) is 37.3 Å². The van der Waals surface area contributed by atoms with Crippen molar-refractivity contribution < 1.29 is 9.59 Å². The molecule has 130 valence electrons. The van der Waals surface area contributed by atoms with Crippen LogP contribution in [-0.4, -0.2) is 37.2 Å². The van der Waals surface area contributed by atoms with Gasteiger partial charge in [-0.2, -0.15) is 0 Å². The molecule has 0 bridgehead atoms. The lowest BCUT2D eigenvalue weighted by molar-refractivity contribution is -0.115.